The maximum absolute atomic E-state index is 6.42. The molecule has 0 N–H and O–H groups in total. The summed E-state index contributed by atoms with van der Waals surface area (Å²) in [6.45, 7) is 6.38. The van der Waals surface area contributed by atoms with E-state index in [2.05, 4.69) is 68.1 Å². The first kappa shape index (κ1) is 18.7. The van der Waals surface area contributed by atoms with Gasteiger partial charge < -0.3 is 13.3 Å². The van der Waals surface area contributed by atoms with Crippen molar-refractivity contribution >= 4 is 66.6 Å². The van der Waals surface area contributed by atoms with Crippen LogP contribution in [0.3, 0.4) is 0 Å². The van der Waals surface area contributed by atoms with E-state index in [-0.39, 0.29) is 0 Å². The van der Waals surface area contributed by atoms with Crippen molar-refractivity contribution in [2.75, 3.05) is 0 Å². The van der Waals surface area contributed by atoms with E-state index >= 15 is 0 Å². The fourth-order valence-electron chi connectivity index (χ4n) is 5.83. The molecule has 0 amide bonds. The van der Waals surface area contributed by atoms with E-state index in [1.54, 1.807) is 0 Å². The van der Waals surface area contributed by atoms with Gasteiger partial charge in [-0.15, -0.1) is 0 Å². The predicted molar refractivity (Wildman–Crippen MR) is 136 cm³/mol. The molecule has 3 aromatic carbocycles. The van der Waals surface area contributed by atoms with E-state index in [1.807, 2.05) is 24.8 Å². The minimum Gasteiger partial charge on any atom is -0.456 e. The van der Waals surface area contributed by atoms with Gasteiger partial charge in [0.2, 0.25) is 5.69 Å². The van der Waals surface area contributed by atoms with Crippen molar-refractivity contribution in [2.24, 2.45) is 7.05 Å². The second kappa shape index (κ2) is 6.05. The number of benzene rings is 3. The van der Waals surface area contributed by atoms with Gasteiger partial charge in [-0.25, -0.2) is 4.57 Å². The van der Waals surface area contributed by atoms with Gasteiger partial charge in [0.1, 0.15) is 29.6 Å². The molecule has 7 aromatic rings. The van der Waals surface area contributed by atoms with Crippen LogP contribution in [0.2, 0.25) is 0 Å². The van der Waals surface area contributed by atoms with Crippen molar-refractivity contribution in [2.45, 2.75) is 30.6 Å². The van der Waals surface area contributed by atoms with E-state index in [4.69, 9.17) is 13.3 Å². The Hall–Kier alpha value is -3.70. The van der Waals surface area contributed by atoms with Gasteiger partial charge in [-0.1, -0.05) is 30.0 Å². The summed E-state index contributed by atoms with van der Waals surface area (Å²) in [4.78, 5) is 2.55. The van der Waals surface area contributed by atoms with Crippen molar-refractivity contribution in [1.82, 2.24) is 0 Å². The molecule has 0 bridgehead atoms. The van der Waals surface area contributed by atoms with Crippen LogP contribution < -0.4 is 4.57 Å². The summed E-state index contributed by atoms with van der Waals surface area (Å²) in [6.07, 6.45) is 2.13. The molecule has 0 saturated heterocycles. The highest BCUT2D eigenvalue weighted by atomic mass is 32.2. The molecule has 1 aliphatic rings. The fraction of sp³-hybridized carbons (Fsp3) is 0.138. The van der Waals surface area contributed by atoms with Crippen LogP contribution >= 0.6 is 11.8 Å². The number of rotatable bonds is 0. The quantitative estimate of drug-likeness (QED) is 0.213. The Kier molecular flexibility index (Phi) is 3.32. The molecular weight excluding hydrogens is 442 g/mol. The standard InChI is InChI=1S/C29H20NO3S/c1-13-11-19-18-12-21-24-17(27(18)33-29(19)31-13)9-10-30(4)25(24)23-14(2)26-22(15(3)28(23)34-21)16-7-5-6-8-20(16)32-26/h5-12H,1-4H3/q+1. The van der Waals surface area contributed by atoms with Crippen LogP contribution in [0.25, 0.3) is 66.1 Å². The monoisotopic (exact) mass is 462 g/mol. The molecule has 1 aliphatic heterocycles. The normalized spacial score (nSPS) is 13.2. The molecule has 164 valence electrons. The van der Waals surface area contributed by atoms with Crippen LogP contribution in [0, 0.1) is 20.8 Å². The van der Waals surface area contributed by atoms with E-state index in [0.717, 1.165) is 38.7 Å². The summed E-state index contributed by atoms with van der Waals surface area (Å²) in [5, 5.41) is 6.88. The number of fused-ring (bicyclic) bond motifs is 9. The van der Waals surface area contributed by atoms with Crippen LogP contribution in [0.1, 0.15) is 16.9 Å². The topological polar surface area (TPSA) is 43.3 Å². The van der Waals surface area contributed by atoms with Crippen molar-refractivity contribution in [1.29, 1.82) is 0 Å². The van der Waals surface area contributed by atoms with E-state index < -0.39 is 0 Å². The highest BCUT2D eigenvalue weighted by molar-refractivity contribution is 8.00. The number of pyridine rings is 1. The number of hydrogen-bond acceptors (Lipinski definition) is 4. The molecule has 4 nitrogen and oxygen atoms in total. The third-order valence-corrected chi connectivity index (χ3v) is 8.60. The zero-order chi connectivity index (χ0) is 22.9. The molecule has 0 saturated carbocycles. The van der Waals surface area contributed by atoms with Crippen LogP contribution in [0.15, 0.2) is 71.7 Å². The lowest BCUT2D eigenvalue weighted by atomic mass is 9.93. The van der Waals surface area contributed by atoms with Crippen molar-refractivity contribution < 1.29 is 17.8 Å². The fourth-order valence-corrected chi connectivity index (χ4v) is 7.14. The third kappa shape index (κ3) is 2.10. The molecule has 0 spiro atoms. The van der Waals surface area contributed by atoms with Gasteiger partial charge in [-0.3, -0.25) is 0 Å². The zero-order valence-corrected chi connectivity index (χ0v) is 20.0. The summed E-state index contributed by atoms with van der Waals surface area (Å²) in [7, 11) is 2.12. The third-order valence-electron chi connectivity index (χ3n) is 7.34. The lowest BCUT2D eigenvalue weighted by molar-refractivity contribution is -0.659. The molecule has 0 unspecified atom stereocenters. The molecule has 8 rings (SSSR count). The number of furan rings is 3. The minimum absolute atomic E-state index is 0.596. The molecule has 5 heteroatoms. The maximum Gasteiger partial charge on any atom is 0.298 e. The first-order chi connectivity index (χ1) is 16.5. The summed E-state index contributed by atoms with van der Waals surface area (Å²) in [6, 6.07) is 14.9. The van der Waals surface area contributed by atoms with Gasteiger partial charge in [0, 0.05) is 43.0 Å². The van der Waals surface area contributed by atoms with E-state index in [9.17, 15) is 0 Å². The van der Waals surface area contributed by atoms with E-state index in [1.165, 1.54) is 48.3 Å². The van der Waals surface area contributed by atoms with Crippen molar-refractivity contribution in [3.8, 4) is 11.3 Å². The molecule has 0 aliphatic carbocycles. The Morgan fingerprint density at radius 1 is 0.765 bits per heavy atom. The molecule has 34 heavy (non-hydrogen) atoms. The lowest BCUT2D eigenvalue weighted by Gasteiger charge is -2.22. The molecule has 0 fully saturated rings. The number of aromatic nitrogens is 1. The molecule has 0 atom stereocenters. The van der Waals surface area contributed by atoms with Crippen LogP contribution in [0.5, 0.6) is 0 Å². The molecule has 5 heterocycles. The SMILES string of the molecule is Cc1cc2c(o1)oc1c3cc[n+](C)c4c3c(cc21)Sc1c-4c(C)c2oc3ccccc3c2c1C. The van der Waals surface area contributed by atoms with Gasteiger partial charge in [-0.2, -0.15) is 0 Å². The van der Waals surface area contributed by atoms with Crippen LogP contribution in [-0.2, 0) is 7.05 Å². The van der Waals surface area contributed by atoms with Gasteiger partial charge in [0.05, 0.1) is 16.3 Å². The Morgan fingerprint density at radius 2 is 1.62 bits per heavy atom. The number of nitrogens with zero attached hydrogens (tertiary/aromatic N) is 1. The highest BCUT2D eigenvalue weighted by Crippen LogP contribution is 2.54. The Labute approximate surface area is 198 Å². The lowest BCUT2D eigenvalue weighted by Crippen LogP contribution is -2.31. The second-order valence-corrected chi connectivity index (χ2v) is 10.4. The highest BCUT2D eigenvalue weighted by Gasteiger charge is 2.34. The average molecular weight is 463 g/mol. The summed E-state index contributed by atoms with van der Waals surface area (Å²) in [5.41, 5.74) is 7.70. The summed E-state index contributed by atoms with van der Waals surface area (Å²) in [5.74, 6) is 1.46. The number of hydrogen-bond donors (Lipinski definition) is 0. The largest absolute Gasteiger partial charge is 0.456 e. The molecule has 4 aromatic heterocycles. The number of para-hydroxylation sites is 1. The zero-order valence-electron chi connectivity index (χ0n) is 19.2. The van der Waals surface area contributed by atoms with Gasteiger partial charge >= 0.3 is 0 Å². The minimum atomic E-state index is 0.596. The van der Waals surface area contributed by atoms with Crippen LogP contribution in [0.4, 0.5) is 0 Å². The number of aryl methyl sites for hydroxylation is 4. The first-order valence-corrected chi connectivity index (χ1v) is 12.2. The smallest absolute Gasteiger partial charge is 0.298 e. The van der Waals surface area contributed by atoms with Gasteiger partial charge in [0.25, 0.3) is 5.78 Å². The molecule has 0 radical (unpaired) electrons. The Bertz CT molecular complexity index is 2040. The van der Waals surface area contributed by atoms with Gasteiger partial charge in [-0.05, 0) is 44.5 Å². The van der Waals surface area contributed by atoms with Crippen molar-refractivity contribution in [3.63, 3.8) is 0 Å². The van der Waals surface area contributed by atoms with Crippen LogP contribution in [-0.4, -0.2) is 0 Å². The Balaban J connectivity index is 1.58. The maximum atomic E-state index is 6.42. The van der Waals surface area contributed by atoms with E-state index in [0.29, 0.717) is 5.78 Å². The van der Waals surface area contributed by atoms with Crippen molar-refractivity contribution in [3.05, 3.63) is 65.5 Å². The average Bonchev–Trinajstić information content (AvgIpc) is 3.49. The summed E-state index contributed by atoms with van der Waals surface area (Å²) < 4.78 is 20.7. The van der Waals surface area contributed by atoms with Gasteiger partial charge in [0.15, 0.2) is 6.20 Å². The summed E-state index contributed by atoms with van der Waals surface area (Å²) >= 11 is 1.86. The first-order valence-electron chi connectivity index (χ1n) is 11.4. The second-order valence-electron chi connectivity index (χ2n) is 9.33. The Morgan fingerprint density at radius 3 is 2.50 bits per heavy atom. The predicted octanol–water partition coefficient (Wildman–Crippen LogP) is 8.11. The molecular formula is C29H20NO3S+.